The molecule has 1 unspecified atom stereocenters. The van der Waals surface area contributed by atoms with E-state index in [1.807, 2.05) is 0 Å². The highest BCUT2D eigenvalue weighted by Gasteiger charge is 3.00. The summed E-state index contributed by atoms with van der Waals surface area (Å²) >= 11 is 0.591. The number of rotatable bonds is 6. The second kappa shape index (κ2) is 9.04. The highest BCUT2D eigenvalue weighted by Crippen LogP contribution is 2.70. The van der Waals surface area contributed by atoms with Gasteiger partial charge in [0, 0.05) is 6.42 Å². The van der Waals surface area contributed by atoms with E-state index in [9.17, 15) is 43.9 Å². The average Bonchev–Trinajstić information content (AvgIpc) is 3.17. The predicted molar refractivity (Wildman–Crippen MR) is 119 cm³/mol. The number of nitrogens with zero attached hydrogens (tertiary/aromatic N) is 4. The second-order valence-corrected chi connectivity index (χ2v) is 9.77. The average molecular weight is 612 g/mol. The highest BCUT2D eigenvalue weighted by atomic mass is 32.2. The maximum absolute atomic E-state index is 15.5. The molecule has 2 aromatic rings. The van der Waals surface area contributed by atoms with Crippen molar-refractivity contribution in [3.05, 3.63) is 30.7 Å². The smallest absolute Gasteiger partial charge is 0.384 e. The largest absolute Gasteiger partial charge is 0.497 e. The van der Waals surface area contributed by atoms with Gasteiger partial charge < -0.3 is 9.47 Å². The molecule has 40 heavy (non-hydrogen) atoms. The summed E-state index contributed by atoms with van der Waals surface area (Å²) in [4.78, 5) is 11.6. The molecule has 220 valence electrons. The van der Waals surface area contributed by atoms with Crippen molar-refractivity contribution in [2.45, 2.75) is 46.6 Å². The Kier molecular flexibility index (Phi) is 6.79. The Morgan fingerprint density at radius 2 is 1.43 bits per heavy atom. The van der Waals surface area contributed by atoms with Crippen molar-refractivity contribution in [3.8, 4) is 11.5 Å². The Morgan fingerprint density at radius 1 is 0.850 bits per heavy atom. The van der Waals surface area contributed by atoms with E-state index in [-0.39, 0.29) is 22.1 Å². The summed E-state index contributed by atoms with van der Waals surface area (Å²) in [5.74, 6) is -29.5. The van der Waals surface area contributed by atoms with Gasteiger partial charge in [0.15, 0.2) is 5.69 Å². The van der Waals surface area contributed by atoms with Crippen LogP contribution in [0.25, 0.3) is 0 Å². The van der Waals surface area contributed by atoms with E-state index in [4.69, 9.17) is 15.3 Å². The summed E-state index contributed by atoms with van der Waals surface area (Å²) in [6.45, 7) is -1.60. The van der Waals surface area contributed by atoms with Crippen LogP contribution in [0.4, 0.5) is 59.8 Å². The molecule has 7 nitrogen and oxygen atoms in total. The number of aromatic nitrogens is 2. The quantitative estimate of drug-likeness (QED) is 0.254. The van der Waals surface area contributed by atoms with E-state index in [0.717, 1.165) is 12.5 Å². The number of nitrogens with two attached hydrogens (primary N) is 1. The first-order valence-electron chi connectivity index (χ1n) is 10.8. The van der Waals surface area contributed by atoms with Gasteiger partial charge in [-0.15, -0.1) is 4.59 Å². The molecule has 1 fully saturated rings. The lowest BCUT2D eigenvalue weighted by atomic mass is 9.70. The zero-order chi connectivity index (χ0) is 30.2. The molecule has 2 N–H and O–H groups in total. The number of fused-ring (bicyclic) bond motifs is 1. The summed E-state index contributed by atoms with van der Waals surface area (Å²) in [6, 6.07) is 4.26. The number of hydrogen-bond acceptors (Lipinski definition) is 7. The Bertz CT molecular complexity index is 1330. The van der Waals surface area contributed by atoms with Crippen LogP contribution >= 0.6 is 11.8 Å². The summed E-state index contributed by atoms with van der Waals surface area (Å²) in [7, 11) is 2.56. The van der Waals surface area contributed by atoms with E-state index in [2.05, 4.69) is 15.0 Å². The second-order valence-electron chi connectivity index (χ2n) is 8.76. The Hall–Kier alpha value is -2.93. The lowest BCUT2D eigenvalue weighted by Crippen LogP contribution is -2.84. The van der Waals surface area contributed by atoms with Crippen LogP contribution in [-0.2, 0) is 0 Å². The molecular weight excluding hydrogens is 595 g/mol. The topological polar surface area (TPSA) is 82.6 Å². The Morgan fingerprint density at radius 3 is 1.98 bits per heavy atom. The molecule has 2 heterocycles. The van der Waals surface area contributed by atoms with Gasteiger partial charge in [0.05, 0.1) is 25.3 Å². The molecule has 1 aliphatic carbocycles. The minimum Gasteiger partial charge on any atom is -0.497 e. The van der Waals surface area contributed by atoms with Gasteiger partial charge in [-0.3, -0.25) is 0 Å². The molecule has 2 aliphatic rings. The number of methoxy groups -OCH3 is 2. The molecule has 1 atom stereocenters. The first-order valence-corrected chi connectivity index (χ1v) is 11.6. The number of aliphatic imine (C=N–C) groups is 1. The lowest BCUT2D eigenvalue weighted by Gasteiger charge is -2.52. The van der Waals surface area contributed by atoms with E-state index >= 15 is 4.39 Å². The van der Waals surface area contributed by atoms with Crippen molar-refractivity contribution < 1.29 is 57.8 Å². The van der Waals surface area contributed by atoms with Crippen molar-refractivity contribution in [3.63, 3.8) is 0 Å². The lowest BCUT2D eigenvalue weighted by molar-refractivity contribution is -0.485. The molecule has 0 bridgehead atoms. The van der Waals surface area contributed by atoms with Crippen LogP contribution < -0.4 is 19.9 Å². The molecule has 0 spiro atoms. The first-order chi connectivity index (χ1) is 18.3. The van der Waals surface area contributed by atoms with Crippen LogP contribution in [0.1, 0.15) is 6.42 Å². The number of benzene rings is 1. The van der Waals surface area contributed by atoms with Crippen LogP contribution in [0, 0.1) is 0 Å². The van der Waals surface area contributed by atoms with Crippen LogP contribution in [0.3, 0.4) is 0 Å². The number of amidine groups is 1. The predicted octanol–water partition coefficient (Wildman–Crippen LogP) is 5.76. The van der Waals surface area contributed by atoms with Crippen molar-refractivity contribution in [1.29, 1.82) is 0 Å². The van der Waals surface area contributed by atoms with Gasteiger partial charge in [-0.25, -0.2) is 9.37 Å². The third-order valence-corrected chi connectivity index (χ3v) is 7.70. The van der Waals surface area contributed by atoms with E-state index in [1.165, 1.54) is 32.4 Å². The number of halogens is 11. The molecular formula is C21H17F11N5O2S+. The summed E-state index contributed by atoms with van der Waals surface area (Å²) in [5.41, 5.74) is -6.41. The molecule has 0 saturated heterocycles. The van der Waals surface area contributed by atoms with E-state index < -0.39 is 63.8 Å². The monoisotopic (exact) mass is 612 g/mol. The van der Waals surface area contributed by atoms with Gasteiger partial charge >= 0.3 is 29.6 Å². The summed E-state index contributed by atoms with van der Waals surface area (Å²) in [6.07, 6.45) is -0.703. The first kappa shape index (κ1) is 30.0. The number of thioether (sulfide) groups is 1. The van der Waals surface area contributed by atoms with Crippen LogP contribution in [0.5, 0.6) is 11.5 Å². The van der Waals surface area contributed by atoms with Gasteiger partial charge in [-0.2, -0.15) is 59.7 Å². The molecule has 1 aliphatic heterocycles. The van der Waals surface area contributed by atoms with E-state index in [1.54, 1.807) is 0 Å². The maximum atomic E-state index is 15.5. The third-order valence-electron chi connectivity index (χ3n) is 6.56. The van der Waals surface area contributed by atoms with Gasteiger partial charge in [0.2, 0.25) is 0 Å². The van der Waals surface area contributed by atoms with Crippen molar-refractivity contribution in [2.24, 2.45) is 10.8 Å². The van der Waals surface area contributed by atoms with Crippen LogP contribution in [0.15, 0.2) is 40.6 Å². The molecule has 19 heteroatoms. The number of alkyl halides is 11. The zero-order valence-corrected chi connectivity index (χ0v) is 20.9. The van der Waals surface area contributed by atoms with Crippen LogP contribution in [0.2, 0.25) is 0 Å². The highest BCUT2D eigenvalue weighted by molar-refractivity contribution is 8.14. The number of hydrogen-bond donors (Lipinski definition) is 1. The summed E-state index contributed by atoms with van der Waals surface area (Å²) in [5, 5.41) is -0.433. The fourth-order valence-corrected chi connectivity index (χ4v) is 5.29. The van der Waals surface area contributed by atoms with Gasteiger partial charge in [-0.1, -0.05) is 0 Å². The molecule has 1 aromatic carbocycles. The Labute approximate surface area is 221 Å². The van der Waals surface area contributed by atoms with Gasteiger partial charge in [0.1, 0.15) is 24.4 Å². The van der Waals surface area contributed by atoms with Crippen molar-refractivity contribution >= 4 is 28.4 Å². The molecule has 1 saturated carbocycles. The Balaban J connectivity index is 1.79. The number of ether oxygens (including phenoxy) is 2. The maximum Gasteiger partial charge on any atom is 0.384 e. The standard InChI is InChI=1S/C21H17F11N5O2S/c1-38-10-3-4-12(39-2)13(7-10)40-15-36-11-8-34-9-35-14(11)37(15,33)6-5-16(22)17(23,24)19(27,28)21(31,32)20(29,30)18(16,25)26/h3-4,7-9H,5-6,33H2,1-2H3/q+1. The zero-order valence-electron chi connectivity index (χ0n) is 20.0. The molecule has 0 radical (unpaired) electrons. The fourth-order valence-electron chi connectivity index (χ4n) is 4.18. The molecule has 4 rings (SSSR count). The SMILES string of the molecule is COc1ccc(OC)c(SC2=Nc3cncnc3[N+]2(N)CCC2(F)C(F)(F)C(F)(F)C(F)(F)C(F)(F)C2(F)F)c1. The summed E-state index contributed by atoms with van der Waals surface area (Å²) < 4.78 is 165. The fraction of sp³-hybridized carbons (Fsp3) is 0.476. The van der Waals surface area contributed by atoms with Gasteiger partial charge in [-0.05, 0) is 30.0 Å². The molecule has 1 aromatic heterocycles. The number of quaternary nitrogens is 1. The minimum absolute atomic E-state index is 0.149. The minimum atomic E-state index is -7.31. The van der Waals surface area contributed by atoms with Crippen molar-refractivity contribution in [1.82, 2.24) is 14.6 Å². The van der Waals surface area contributed by atoms with Crippen molar-refractivity contribution in [2.75, 3.05) is 20.8 Å². The van der Waals surface area contributed by atoms with Gasteiger partial charge in [0.25, 0.3) is 16.7 Å². The normalized spacial score (nSPS) is 26.5. The van der Waals surface area contributed by atoms with E-state index in [0.29, 0.717) is 11.8 Å². The molecule has 0 amide bonds. The third kappa shape index (κ3) is 3.62. The van der Waals surface area contributed by atoms with Crippen LogP contribution in [-0.4, -0.2) is 71.2 Å².